The van der Waals surface area contributed by atoms with Crippen LogP contribution in [0.25, 0.3) is 0 Å². The van der Waals surface area contributed by atoms with E-state index < -0.39 is 6.10 Å². The first-order valence-electron chi connectivity index (χ1n) is 7.45. The first-order chi connectivity index (χ1) is 10.5. The van der Waals surface area contributed by atoms with Gasteiger partial charge in [0.15, 0.2) is 0 Å². The SMILES string of the molecule is COC(=O)C[C@@H]1OC(=O)[C@H](C)[C@@H](OCc2ccccc2)[C@H]1C. The van der Waals surface area contributed by atoms with Gasteiger partial charge in [0.1, 0.15) is 6.10 Å². The molecule has 0 aliphatic carbocycles. The molecule has 1 heterocycles. The molecule has 0 saturated carbocycles. The molecule has 120 valence electrons. The van der Waals surface area contributed by atoms with Crippen LogP contribution in [0.15, 0.2) is 30.3 Å². The van der Waals surface area contributed by atoms with Gasteiger partial charge in [-0.05, 0) is 12.5 Å². The molecule has 1 aromatic rings. The van der Waals surface area contributed by atoms with Gasteiger partial charge in [0.2, 0.25) is 0 Å². The number of hydrogen-bond acceptors (Lipinski definition) is 5. The number of benzene rings is 1. The van der Waals surface area contributed by atoms with Gasteiger partial charge in [0.05, 0.1) is 32.2 Å². The molecule has 5 heteroatoms. The number of carbonyl (C=O) groups excluding carboxylic acids is 2. The van der Waals surface area contributed by atoms with Crippen molar-refractivity contribution in [1.29, 1.82) is 0 Å². The van der Waals surface area contributed by atoms with Crippen LogP contribution in [0, 0.1) is 11.8 Å². The Balaban J connectivity index is 2.03. The zero-order valence-corrected chi connectivity index (χ0v) is 13.2. The number of cyclic esters (lactones) is 1. The fourth-order valence-corrected chi connectivity index (χ4v) is 2.70. The minimum Gasteiger partial charge on any atom is -0.469 e. The summed E-state index contributed by atoms with van der Waals surface area (Å²) in [4.78, 5) is 23.4. The van der Waals surface area contributed by atoms with Crippen molar-refractivity contribution in [2.75, 3.05) is 7.11 Å². The Bertz CT molecular complexity index is 511. The smallest absolute Gasteiger partial charge is 0.311 e. The summed E-state index contributed by atoms with van der Waals surface area (Å²) in [5, 5.41) is 0. The average Bonchev–Trinajstić information content (AvgIpc) is 2.53. The number of rotatable bonds is 5. The molecule has 0 amide bonds. The summed E-state index contributed by atoms with van der Waals surface area (Å²) in [6.07, 6.45) is -0.727. The lowest BCUT2D eigenvalue weighted by Crippen LogP contribution is -2.48. The van der Waals surface area contributed by atoms with Crippen LogP contribution in [0.4, 0.5) is 0 Å². The maximum absolute atomic E-state index is 12.0. The van der Waals surface area contributed by atoms with Gasteiger partial charge >= 0.3 is 11.9 Å². The van der Waals surface area contributed by atoms with Crippen molar-refractivity contribution in [2.24, 2.45) is 11.8 Å². The number of ether oxygens (including phenoxy) is 3. The molecule has 1 aliphatic rings. The lowest BCUT2D eigenvalue weighted by Gasteiger charge is -2.38. The van der Waals surface area contributed by atoms with E-state index >= 15 is 0 Å². The molecule has 5 nitrogen and oxygen atoms in total. The minimum atomic E-state index is -0.503. The molecular weight excluding hydrogens is 284 g/mol. The molecule has 2 rings (SSSR count). The Morgan fingerprint density at radius 1 is 1.23 bits per heavy atom. The summed E-state index contributed by atoms with van der Waals surface area (Å²) in [6.45, 7) is 4.16. The second kappa shape index (κ2) is 7.40. The number of esters is 2. The van der Waals surface area contributed by atoms with Gasteiger partial charge in [-0.1, -0.05) is 37.3 Å². The highest BCUT2D eigenvalue weighted by atomic mass is 16.6. The second-order valence-corrected chi connectivity index (χ2v) is 5.66. The van der Waals surface area contributed by atoms with Crippen LogP contribution in [0.1, 0.15) is 25.8 Å². The quantitative estimate of drug-likeness (QED) is 0.781. The predicted molar refractivity (Wildman–Crippen MR) is 79.9 cm³/mol. The van der Waals surface area contributed by atoms with Gasteiger partial charge in [0.25, 0.3) is 0 Å². The Morgan fingerprint density at radius 3 is 2.55 bits per heavy atom. The molecule has 4 atom stereocenters. The van der Waals surface area contributed by atoms with Crippen LogP contribution in [-0.2, 0) is 30.4 Å². The van der Waals surface area contributed by atoms with Crippen LogP contribution >= 0.6 is 0 Å². The summed E-state index contributed by atoms with van der Waals surface area (Å²) in [5.41, 5.74) is 1.05. The van der Waals surface area contributed by atoms with Gasteiger partial charge < -0.3 is 14.2 Å². The topological polar surface area (TPSA) is 61.8 Å². The lowest BCUT2D eigenvalue weighted by molar-refractivity contribution is -0.187. The summed E-state index contributed by atoms with van der Waals surface area (Å²) in [5.74, 6) is -1.14. The Morgan fingerprint density at radius 2 is 1.91 bits per heavy atom. The third kappa shape index (κ3) is 3.85. The minimum absolute atomic E-state index is 0.0569. The summed E-state index contributed by atoms with van der Waals surface area (Å²) >= 11 is 0. The third-order valence-electron chi connectivity index (χ3n) is 4.12. The predicted octanol–water partition coefficient (Wildman–Crippen LogP) is 2.33. The Labute approximate surface area is 130 Å². The monoisotopic (exact) mass is 306 g/mol. The van der Waals surface area contributed by atoms with Crippen molar-refractivity contribution in [2.45, 2.75) is 39.1 Å². The Kier molecular flexibility index (Phi) is 5.55. The molecule has 0 spiro atoms. The fourth-order valence-electron chi connectivity index (χ4n) is 2.70. The van der Waals surface area contributed by atoms with Crippen molar-refractivity contribution >= 4 is 11.9 Å². The van der Waals surface area contributed by atoms with E-state index in [2.05, 4.69) is 4.74 Å². The highest BCUT2D eigenvalue weighted by Gasteiger charge is 2.43. The van der Waals surface area contributed by atoms with Crippen LogP contribution in [0.3, 0.4) is 0 Å². The summed E-state index contributed by atoms with van der Waals surface area (Å²) < 4.78 is 16.0. The normalized spacial score (nSPS) is 28.0. The van der Waals surface area contributed by atoms with Gasteiger partial charge in [-0.15, -0.1) is 0 Å². The fraction of sp³-hybridized carbons (Fsp3) is 0.529. The summed E-state index contributed by atoms with van der Waals surface area (Å²) in [7, 11) is 1.32. The van der Waals surface area contributed by atoms with Crippen molar-refractivity contribution in [3.8, 4) is 0 Å². The third-order valence-corrected chi connectivity index (χ3v) is 4.12. The van der Waals surface area contributed by atoms with E-state index in [1.54, 1.807) is 6.92 Å². The second-order valence-electron chi connectivity index (χ2n) is 5.66. The van der Waals surface area contributed by atoms with E-state index in [-0.39, 0.29) is 36.3 Å². The average molecular weight is 306 g/mol. The molecule has 0 bridgehead atoms. The van der Waals surface area contributed by atoms with E-state index in [4.69, 9.17) is 9.47 Å². The van der Waals surface area contributed by atoms with Crippen LogP contribution in [0.2, 0.25) is 0 Å². The van der Waals surface area contributed by atoms with Gasteiger partial charge in [-0.2, -0.15) is 0 Å². The molecule has 1 aliphatic heterocycles. The Hall–Kier alpha value is -1.88. The lowest BCUT2D eigenvalue weighted by atomic mass is 9.85. The molecule has 1 fully saturated rings. The van der Waals surface area contributed by atoms with Crippen molar-refractivity contribution in [1.82, 2.24) is 0 Å². The maximum Gasteiger partial charge on any atom is 0.311 e. The summed E-state index contributed by atoms with van der Waals surface area (Å²) in [6, 6.07) is 9.78. The standard InChI is InChI=1S/C17H22O5/c1-11-14(9-15(18)20-3)22-17(19)12(2)16(11)21-10-13-7-5-4-6-8-13/h4-8,11-12,14,16H,9-10H2,1-3H3/t11-,12+,14-,16-/m0/s1. The first-order valence-corrected chi connectivity index (χ1v) is 7.45. The van der Waals surface area contributed by atoms with Crippen LogP contribution in [0.5, 0.6) is 0 Å². The van der Waals surface area contributed by atoms with E-state index in [1.807, 2.05) is 37.3 Å². The molecule has 22 heavy (non-hydrogen) atoms. The first kappa shape index (κ1) is 16.5. The van der Waals surface area contributed by atoms with Crippen molar-refractivity contribution in [3.05, 3.63) is 35.9 Å². The van der Waals surface area contributed by atoms with E-state index in [1.165, 1.54) is 7.11 Å². The van der Waals surface area contributed by atoms with E-state index in [0.717, 1.165) is 5.56 Å². The van der Waals surface area contributed by atoms with Crippen molar-refractivity contribution < 1.29 is 23.8 Å². The molecule has 1 saturated heterocycles. The van der Waals surface area contributed by atoms with Crippen LogP contribution in [-0.4, -0.2) is 31.3 Å². The number of carbonyl (C=O) groups is 2. The van der Waals surface area contributed by atoms with E-state index in [9.17, 15) is 9.59 Å². The zero-order chi connectivity index (χ0) is 16.1. The maximum atomic E-state index is 12.0. The zero-order valence-electron chi connectivity index (χ0n) is 13.2. The highest BCUT2D eigenvalue weighted by molar-refractivity contribution is 5.75. The number of hydrogen-bond donors (Lipinski definition) is 0. The van der Waals surface area contributed by atoms with Gasteiger partial charge in [-0.3, -0.25) is 9.59 Å². The van der Waals surface area contributed by atoms with E-state index in [0.29, 0.717) is 6.61 Å². The molecule has 1 aromatic carbocycles. The number of methoxy groups -OCH3 is 1. The molecule has 0 aromatic heterocycles. The van der Waals surface area contributed by atoms with Crippen molar-refractivity contribution in [3.63, 3.8) is 0 Å². The van der Waals surface area contributed by atoms with Gasteiger partial charge in [0, 0.05) is 5.92 Å². The molecule has 0 radical (unpaired) electrons. The largest absolute Gasteiger partial charge is 0.469 e. The molecule has 0 N–H and O–H groups in total. The van der Waals surface area contributed by atoms with Crippen LogP contribution < -0.4 is 0 Å². The molecular formula is C17H22O5. The van der Waals surface area contributed by atoms with Gasteiger partial charge in [-0.25, -0.2) is 0 Å². The highest BCUT2D eigenvalue weighted by Crippen LogP contribution is 2.31. The molecule has 0 unspecified atom stereocenters.